The lowest BCUT2D eigenvalue weighted by Gasteiger charge is -2.14. The van der Waals surface area contributed by atoms with Gasteiger partial charge in [-0.05, 0) is 222 Å². The number of fused-ring (bicyclic) bond motifs is 12. The normalized spacial score (nSPS) is 13.9. The molecule has 9 heterocycles. The molecule has 0 aliphatic heterocycles. The summed E-state index contributed by atoms with van der Waals surface area (Å²) in [5.41, 5.74) is 15.4. The third-order valence-electron chi connectivity index (χ3n) is 19.6. The Morgan fingerprint density at radius 2 is 0.644 bits per heavy atom. The number of nitrogens with one attached hydrogen (secondary N) is 3. The first-order valence-electron chi connectivity index (χ1n) is 38.7. The molecular weight excluding hydrogens is 1720 g/mol. The molecule has 9 aromatic heterocycles. The highest BCUT2D eigenvalue weighted by Crippen LogP contribution is 2.41. The number of carbonyl (C=O) groups excluding carboxylic acids is 6. The Labute approximate surface area is 730 Å². The zero-order chi connectivity index (χ0) is 82.3. The molecule has 22 nitrogen and oxygen atoms in total. The minimum atomic E-state index is -0.299. The number of aromatic nitrogens is 12. The molecule has 3 atom stereocenters. The van der Waals surface area contributed by atoms with Gasteiger partial charge in [-0.25, -0.2) is 15.0 Å². The number of benzene rings is 6. The maximum absolute atomic E-state index is 13.4. The van der Waals surface area contributed by atoms with Crippen LogP contribution in [-0.2, 0) is 52.9 Å². The quantitative estimate of drug-likeness (QED) is 0.0486. The van der Waals surface area contributed by atoms with Crippen molar-refractivity contribution in [2.45, 2.75) is 180 Å². The van der Waals surface area contributed by atoms with Crippen molar-refractivity contribution >= 4 is 254 Å². The minimum Gasteiger partial charge on any atom is -0.394 e. The van der Waals surface area contributed by atoms with Crippen molar-refractivity contribution in [3.05, 3.63) is 176 Å². The van der Waals surface area contributed by atoms with Gasteiger partial charge in [0.25, 0.3) is 0 Å². The van der Waals surface area contributed by atoms with E-state index < -0.39 is 0 Å². The van der Waals surface area contributed by atoms with E-state index in [2.05, 4.69) is 101 Å². The van der Waals surface area contributed by atoms with Gasteiger partial charge in [-0.15, -0.1) is 64.6 Å². The molecule has 118 heavy (non-hydrogen) atoms. The largest absolute Gasteiger partial charge is 0.394 e. The number of para-hydroxylation sites is 3. The third kappa shape index (κ3) is 20.2. The van der Waals surface area contributed by atoms with Crippen LogP contribution in [-0.4, -0.2) is 139 Å². The van der Waals surface area contributed by atoms with Crippen LogP contribution in [0.15, 0.2) is 153 Å². The lowest BCUT2D eigenvalue weighted by Crippen LogP contribution is -2.22. The second-order valence-electron chi connectivity index (χ2n) is 28.6. The number of thioether (sulfide) groups is 6. The molecule has 0 spiro atoms. The molecule has 3 aliphatic carbocycles. The number of anilines is 3. The molecule has 34 heteroatoms. The smallest absolute Gasteiger partial charge is 0.241 e. The van der Waals surface area contributed by atoms with Crippen LogP contribution in [0.4, 0.5) is 17.1 Å². The Kier molecular flexibility index (Phi) is 27.8. The molecule has 18 rings (SSSR count). The van der Waals surface area contributed by atoms with Crippen LogP contribution >= 0.6 is 139 Å². The summed E-state index contributed by atoms with van der Waals surface area (Å²) in [5, 5.41) is 46.7. The zero-order valence-corrected chi connectivity index (χ0v) is 75.5. The highest BCUT2D eigenvalue weighted by molar-refractivity contribution is 8.03. The van der Waals surface area contributed by atoms with E-state index in [0.717, 1.165) is 163 Å². The minimum absolute atomic E-state index is 0.0887. The maximum atomic E-state index is 13.4. The first-order chi connectivity index (χ1) is 57.1. The van der Waals surface area contributed by atoms with Gasteiger partial charge in [-0.3, -0.25) is 42.5 Å². The number of rotatable bonds is 21. The van der Waals surface area contributed by atoms with Crippen molar-refractivity contribution < 1.29 is 33.9 Å². The predicted octanol–water partition coefficient (Wildman–Crippen LogP) is 20.9. The standard InChI is InChI=1S/3C27H25N5O2S4.C3H8O/c3*1-15(36-27-31-30-16(2)37-27)25(34)28-17-11-12-20-23(13-17)38-26(29-20)35-14-24(33)32-21-9-5-3-7-18(21)19-8-4-6-10-22(19)32;1-3(2)4/h3*3,5,7,9,11-13,15H,4,6,8,10,14H2,1-2H3,(H,28,34);3-4H,1-2H3. The summed E-state index contributed by atoms with van der Waals surface area (Å²) >= 11 is 17.7. The van der Waals surface area contributed by atoms with Gasteiger partial charge in [0.05, 0.1) is 80.2 Å². The van der Waals surface area contributed by atoms with E-state index in [-0.39, 0.29) is 57.3 Å². The Morgan fingerprint density at radius 3 is 0.915 bits per heavy atom. The monoisotopic (exact) mass is 1800 g/mol. The first-order valence-corrected chi connectivity index (χ1v) is 49.2. The molecule has 3 amide bonds. The Hall–Kier alpha value is -8.23. The second kappa shape index (κ2) is 38.7. The lowest BCUT2D eigenvalue weighted by molar-refractivity contribution is -0.116. The third-order valence-corrected chi connectivity index (χ3v) is 32.1. The number of aryl methyl sites for hydroxylation is 6. The van der Waals surface area contributed by atoms with Crippen molar-refractivity contribution in [3.63, 3.8) is 0 Å². The van der Waals surface area contributed by atoms with Gasteiger partial charge in [0.2, 0.25) is 35.4 Å². The molecule has 0 saturated heterocycles. The number of thiazole rings is 3. The SMILES string of the molecule is CC(C)O.Cc1nnc(SC(C)C(=O)Nc2ccc3nc(SCC(=O)n4c5c(c6ccccc64)CCCC5)sc3c2)s1.Cc1nnc(SC(C)C(=O)Nc2ccc3nc(SCC(=O)n4c5c(c6ccccc64)CCCC5)sc3c2)s1.Cc1nnc(SC(C)C(=O)Nc2ccc3nc(SCC(=O)n4c5c(c6ccccc64)CCCC5)sc3c2)s1. The van der Waals surface area contributed by atoms with E-state index in [1.165, 1.54) is 174 Å². The summed E-state index contributed by atoms with van der Waals surface area (Å²) in [7, 11) is 0. The number of hydrogen-bond donors (Lipinski definition) is 4. The molecule has 4 N–H and O–H groups in total. The fourth-order valence-electron chi connectivity index (χ4n) is 14.4. The summed E-state index contributed by atoms with van der Waals surface area (Å²) < 4.78 is 13.6. The van der Waals surface area contributed by atoms with Gasteiger partial charge in [0, 0.05) is 56.4 Å². The maximum Gasteiger partial charge on any atom is 0.241 e. The number of hydrogen-bond acceptors (Lipinski definition) is 28. The van der Waals surface area contributed by atoms with Crippen molar-refractivity contribution in [3.8, 4) is 0 Å². The summed E-state index contributed by atoms with van der Waals surface area (Å²) in [4.78, 5) is 92.6. The average molecular weight is 1800 g/mol. The fourth-order valence-corrected chi connectivity index (χ4v) is 26.1. The summed E-state index contributed by atoms with van der Waals surface area (Å²) in [6, 6.07) is 41.9. The van der Waals surface area contributed by atoms with Crippen molar-refractivity contribution in [2.75, 3.05) is 33.2 Å². The van der Waals surface area contributed by atoms with Crippen LogP contribution in [0, 0.1) is 20.8 Å². The van der Waals surface area contributed by atoms with Crippen LogP contribution in [0.5, 0.6) is 0 Å². The number of amides is 3. The zero-order valence-electron chi connectivity index (χ0n) is 65.7. The number of carbonyl (C=O) groups is 6. The van der Waals surface area contributed by atoms with E-state index >= 15 is 0 Å². The predicted molar refractivity (Wildman–Crippen MR) is 492 cm³/mol. The summed E-state index contributed by atoms with van der Waals surface area (Å²) in [5.74, 6) is 1.01. The lowest BCUT2D eigenvalue weighted by atomic mass is 9.96. The van der Waals surface area contributed by atoms with Gasteiger partial charge in [-0.1, -0.05) is 159 Å². The molecule has 6 aromatic carbocycles. The highest BCUT2D eigenvalue weighted by atomic mass is 32.2. The van der Waals surface area contributed by atoms with E-state index in [4.69, 9.17) is 20.1 Å². The van der Waals surface area contributed by atoms with Crippen molar-refractivity contribution in [1.29, 1.82) is 0 Å². The molecule has 0 bridgehead atoms. The van der Waals surface area contributed by atoms with Gasteiger partial charge >= 0.3 is 0 Å². The van der Waals surface area contributed by atoms with Crippen LogP contribution in [0.3, 0.4) is 0 Å². The molecule has 0 fully saturated rings. The van der Waals surface area contributed by atoms with Crippen LogP contribution < -0.4 is 16.0 Å². The second-order valence-corrected chi connectivity index (χ2v) is 43.7. The number of nitrogens with zero attached hydrogens (tertiary/aromatic N) is 12. The molecule has 0 radical (unpaired) electrons. The van der Waals surface area contributed by atoms with Crippen LogP contribution in [0.1, 0.15) is 136 Å². The van der Waals surface area contributed by atoms with Crippen LogP contribution in [0.25, 0.3) is 63.4 Å². The van der Waals surface area contributed by atoms with Gasteiger partial charge in [0.15, 0.2) is 26.0 Å². The summed E-state index contributed by atoms with van der Waals surface area (Å²) in [6.07, 6.45) is 12.7. The molecule has 0 saturated carbocycles. The molecule has 15 aromatic rings. The highest BCUT2D eigenvalue weighted by Gasteiger charge is 2.29. The van der Waals surface area contributed by atoms with Crippen LogP contribution in [0.2, 0.25) is 0 Å². The Bertz CT molecular complexity index is 5660. The molecule has 3 unspecified atom stereocenters. The fraction of sp³-hybridized carbons (Fsp3) is 0.321. The summed E-state index contributed by atoms with van der Waals surface area (Å²) in [6.45, 7) is 14.7. The van der Waals surface area contributed by atoms with Gasteiger partial charge in [-0.2, -0.15) is 0 Å². The molecule has 608 valence electrons. The van der Waals surface area contributed by atoms with E-state index in [1.807, 2.05) is 128 Å². The van der Waals surface area contributed by atoms with Gasteiger partial charge < -0.3 is 21.1 Å². The van der Waals surface area contributed by atoms with Crippen molar-refractivity contribution in [2.24, 2.45) is 0 Å². The first kappa shape index (κ1) is 84.8. The number of aliphatic hydroxyl groups is 1. The Morgan fingerprint density at radius 1 is 0.373 bits per heavy atom. The van der Waals surface area contributed by atoms with Gasteiger partial charge in [0.1, 0.15) is 15.0 Å². The Balaban J connectivity index is 0.000000135. The van der Waals surface area contributed by atoms with Crippen molar-refractivity contribution in [1.82, 2.24) is 59.2 Å². The van der Waals surface area contributed by atoms with E-state index in [0.29, 0.717) is 17.3 Å². The molecular formula is C84H83N15O7S12. The van der Waals surface area contributed by atoms with E-state index in [9.17, 15) is 28.8 Å². The molecule has 3 aliphatic rings. The number of aliphatic hydroxyl groups excluding tert-OH is 1. The topological polar surface area (TPSA) is 290 Å². The average Bonchev–Trinajstić information content (AvgIpc) is 1.61. The van der Waals surface area contributed by atoms with E-state index in [1.54, 1.807) is 47.9 Å².